The Bertz CT molecular complexity index is 1700. The van der Waals surface area contributed by atoms with Crippen LogP contribution >= 0.6 is 11.6 Å². The van der Waals surface area contributed by atoms with Crippen molar-refractivity contribution in [1.82, 2.24) is 25.0 Å². The van der Waals surface area contributed by atoms with Crippen LogP contribution in [0.25, 0.3) is 11.3 Å². The minimum absolute atomic E-state index is 0.0414. The molecule has 0 aliphatic carbocycles. The molecule has 1 fully saturated rings. The number of piperidine rings is 1. The van der Waals surface area contributed by atoms with Crippen molar-refractivity contribution in [1.29, 1.82) is 0 Å². The van der Waals surface area contributed by atoms with E-state index in [1.165, 1.54) is 36.5 Å². The molecule has 13 heteroatoms. The van der Waals surface area contributed by atoms with Crippen molar-refractivity contribution in [3.8, 4) is 22.9 Å². The van der Waals surface area contributed by atoms with E-state index in [9.17, 15) is 13.2 Å². The van der Waals surface area contributed by atoms with E-state index in [4.69, 9.17) is 16.3 Å². The minimum atomic E-state index is -4.37. The average molecular weight is 597 g/mol. The quantitative estimate of drug-likeness (QED) is 0.264. The highest BCUT2D eigenvalue weighted by atomic mass is 35.5. The summed E-state index contributed by atoms with van der Waals surface area (Å²) >= 11 is 5.98. The van der Waals surface area contributed by atoms with Crippen molar-refractivity contribution in [2.45, 2.75) is 30.7 Å². The lowest BCUT2D eigenvalue weighted by atomic mass is 10.1. The largest absolute Gasteiger partial charge is 0.435 e. The summed E-state index contributed by atoms with van der Waals surface area (Å²) in [4.78, 5) is 25.8. The van der Waals surface area contributed by atoms with Crippen LogP contribution in [0.4, 0.5) is 10.3 Å². The number of hydrogen-bond donors (Lipinski definition) is 3. The molecule has 1 aliphatic heterocycles. The summed E-state index contributed by atoms with van der Waals surface area (Å²) in [5.41, 5.74) is 0.787. The van der Waals surface area contributed by atoms with Gasteiger partial charge in [-0.3, -0.25) is 4.79 Å². The van der Waals surface area contributed by atoms with Crippen LogP contribution in [0.3, 0.4) is 0 Å². The smallest absolute Gasteiger partial charge is 0.268 e. The Hall–Kier alpha value is -4.13. The van der Waals surface area contributed by atoms with Crippen LogP contribution in [0, 0.1) is 12.7 Å². The zero-order chi connectivity index (χ0) is 29.0. The summed E-state index contributed by atoms with van der Waals surface area (Å²) in [5.74, 6) is -2.04. The fraction of sp³-hybridized carbons (Fsp3) is 0.214. The standard InChI is InChI=1S/C28H26ClFN6O4S/c1-17-10-11-20(26(37)36-41(38,39)23-9-3-2-8-21(23)29)24(30)25(17)40-27-19(7-5-14-32-27)22-12-15-33-28(35-22)34-18-6-4-13-31-16-18/h2-3,5,7-12,14-15,18,31H,4,6,13,16H2,1H3,(H,36,37)(H,33,34,35)/t18-/m0/s1. The molecule has 0 radical (unpaired) electrons. The van der Waals surface area contributed by atoms with Crippen LogP contribution < -0.4 is 20.1 Å². The van der Waals surface area contributed by atoms with E-state index in [2.05, 4.69) is 25.6 Å². The number of sulfonamides is 1. The van der Waals surface area contributed by atoms with Gasteiger partial charge in [0.05, 0.1) is 21.8 Å². The van der Waals surface area contributed by atoms with Gasteiger partial charge in [-0.25, -0.2) is 32.5 Å². The zero-order valence-electron chi connectivity index (χ0n) is 21.9. The van der Waals surface area contributed by atoms with Gasteiger partial charge in [0.2, 0.25) is 11.8 Å². The number of halogens is 2. The highest BCUT2D eigenvalue weighted by Gasteiger charge is 2.26. The second-order valence-corrected chi connectivity index (χ2v) is 11.4. The number of amides is 1. The number of nitrogens with zero attached hydrogens (tertiary/aromatic N) is 3. The van der Waals surface area contributed by atoms with Crippen LogP contribution in [-0.2, 0) is 10.0 Å². The normalized spacial score (nSPS) is 15.2. The Kier molecular flexibility index (Phi) is 8.43. The van der Waals surface area contributed by atoms with Gasteiger partial charge in [0.25, 0.3) is 15.9 Å². The average Bonchev–Trinajstić information content (AvgIpc) is 2.96. The molecule has 3 N–H and O–H groups in total. The van der Waals surface area contributed by atoms with Crippen LogP contribution in [0.15, 0.2) is 71.9 Å². The van der Waals surface area contributed by atoms with Crippen LogP contribution in [0.1, 0.15) is 28.8 Å². The van der Waals surface area contributed by atoms with Gasteiger partial charge in [-0.1, -0.05) is 29.8 Å². The SMILES string of the molecule is Cc1ccc(C(=O)NS(=O)(=O)c2ccccc2Cl)c(F)c1Oc1ncccc1-c1ccnc(N[C@H]2CCCNC2)n1. The van der Waals surface area contributed by atoms with E-state index >= 15 is 4.39 Å². The molecule has 212 valence electrons. The molecule has 0 bridgehead atoms. The second kappa shape index (κ2) is 12.2. The number of aryl methyl sites for hydroxylation is 1. The minimum Gasteiger partial charge on any atom is -0.435 e. The monoisotopic (exact) mass is 596 g/mol. The molecule has 2 aromatic heterocycles. The summed E-state index contributed by atoms with van der Waals surface area (Å²) in [6.45, 7) is 3.37. The molecule has 0 spiro atoms. The lowest BCUT2D eigenvalue weighted by Gasteiger charge is -2.23. The number of nitrogens with one attached hydrogen (secondary N) is 3. The van der Waals surface area contributed by atoms with Gasteiger partial charge in [0, 0.05) is 25.0 Å². The number of hydrogen-bond acceptors (Lipinski definition) is 9. The summed E-state index contributed by atoms with van der Waals surface area (Å²) in [6, 6.07) is 13.5. The molecule has 3 heterocycles. The number of anilines is 1. The first-order chi connectivity index (χ1) is 19.7. The molecule has 0 unspecified atom stereocenters. The van der Waals surface area contributed by atoms with Gasteiger partial charge < -0.3 is 15.4 Å². The first-order valence-electron chi connectivity index (χ1n) is 12.8. The number of ether oxygens (including phenoxy) is 1. The van der Waals surface area contributed by atoms with E-state index in [0.717, 1.165) is 25.9 Å². The molecular weight excluding hydrogens is 571 g/mol. The van der Waals surface area contributed by atoms with Crippen molar-refractivity contribution < 1.29 is 22.3 Å². The molecule has 1 atom stereocenters. The number of aromatic nitrogens is 3. The molecule has 4 aromatic rings. The highest BCUT2D eigenvalue weighted by molar-refractivity contribution is 7.90. The van der Waals surface area contributed by atoms with Crippen molar-refractivity contribution in [2.24, 2.45) is 0 Å². The highest BCUT2D eigenvalue weighted by Crippen LogP contribution is 2.35. The summed E-state index contributed by atoms with van der Waals surface area (Å²) in [6.07, 6.45) is 5.12. The number of rotatable bonds is 8. The van der Waals surface area contributed by atoms with Gasteiger partial charge in [-0.05, 0) is 68.3 Å². The third-order valence-electron chi connectivity index (χ3n) is 6.42. The lowest BCUT2D eigenvalue weighted by Crippen LogP contribution is -2.38. The third-order valence-corrected chi connectivity index (χ3v) is 8.25. The van der Waals surface area contributed by atoms with E-state index in [1.807, 2.05) is 4.72 Å². The lowest BCUT2D eigenvalue weighted by molar-refractivity contribution is 0.0976. The third kappa shape index (κ3) is 6.45. The maximum absolute atomic E-state index is 15.7. The van der Waals surface area contributed by atoms with Gasteiger partial charge in [-0.2, -0.15) is 0 Å². The molecule has 0 saturated carbocycles. The van der Waals surface area contributed by atoms with E-state index < -0.39 is 27.3 Å². The van der Waals surface area contributed by atoms with Crippen LogP contribution in [-0.4, -0.2) is 48.4 Å². The molecule has 10 nitrogen and oxygen atoms in total. The number of benzene rings is 2. The Morgan fingerprint density at radius 1 is 1.10 bits per heavy atom. The summed E-state index contributed by atoms with van der Waals surface area (Å²) in [7, 11) is -4.37. The second-order valence-electron chi connectivity index (χ2n) is 9.35. The molecule has 41 heavy (non-hydrogen) atoms. The first kappa shape index (κ1) is 28.4. The number of pyridine rings is 1. The topological polar surface area (TPSA) is 135 Å². The first-order valence-corrected chi connectivity index (χ1v) is 14.6. The van der Waals surface area contributed by atoms with Crippen molar-refractivity contribution in [3.63, 3.8) is 0 Å². The van der Waals surface area contributed by atoms with Crippen molar-refractivity contribution >= 4 is 33.5 Å². The molecule has 5 rings (SSSR count). The van der Waals surface area contributed by atoms with E-state index in [0.29, 0.717) is 22.8 Å². The number of carbonyl (C=O) groups is 1. The molecule has 1 amide bonds. The van der Waals surface area contributed by atoms with Crippen molar-refractivity contribution in [3.05, 3.63) is 89.0 Å². The Morgan fingerprint density at radius 3 is 2.71 bits per heavy atom. The Labute approximate surface area is 241 Å². The van der Waals surface area contributed by atoms with Gasteiger partial charge in [-0.15, -0.1) is 0 Å². The molecule has 1 aliphatic rings. The van der Waals surface area contributed by atoms with E-state index in [-0.39, 0.29) is 27.6 Å². The summed E-state index contributed by atoms with van der Waals surface area (Å²) < 4.78 is 49.0. The molecule has 2 aromatic carbocycles. The van der Waals surface area contributed by atoms with Crippen LogP contribution in [0.5, 0.6) is 11.6 Å². The Balaban J connectivity index is 1.42. The molecular formula is C28H26ClFN6O4S. The fourth-order valence-electron chi connectivity index (χ4n) is 4.35. The maximum Gasteiger partial charge on any atom is 0.268 e. The Morgan fingerprint density at radius 2 is 1.93 bits per heavy atom. The van der Waals surface area contributed by atoms with Crippen molar-refractivity contribution in [2.75, 3.05) is 18.4 Å². The van der Waals surface area contributed by atoms with E-state index in [1.54, 1.807) is 37.4 Å². The number of carbonyl (C=O) groups excluding carboxylic acids is 1. The predicted molar refractivity (Wildman–Crippen MR) is 152 cm³/mol. The zero-order valence-corrected chi connectivity index (χ0v) is 23.5. The van der Waals surface area contributed by atoms with Gasteiger partial charge in [0.15, 0.2) is 11.6 Å². The van der Waals surface area contributed by atoms with Crippen LogP contribution in [0.2, 0.25) is 5.02 Å². The van der Waals surface area contributed by atoms with Gasteiger partial charge in [0.1, 0.15) is 4.90 Å². The fourth-order valence-corrected chi connectivity index (χ4v) is 5.83. The summed E-state index contributed by atoms with van der Waals surface area (Å²) in [5, 5.41) is 6.58. The molecule has 1 saturated heterocycles. The maximum atomic E-state index is 15.7. The predicted octanol–water partition coefficient (Wildman–Crippen LogP) is 4.71. The van der Waals surface area contributed by atoms with Gasteiger partial charge >= 0.3 is 0 Å².